The van der Waals surface area contributed by atoms with Gasteiger partial charge in [0.1, 0.15) is 11.4 Å². The zero-order valence-corrected chi connectivity index (χ0v) is 15.6. The number of carbonyl (C=O) groups is 1. The van der Waals surface area contributed by atoms with Gasteiger partial charge >= 0.3 is 6.09 Å². The highest BCUT2D eigenvalue weighted by molar-refractivity contribution is 6.28. The molecule has 1 atom stereocenters. The number of aryl methyl sites for hydroxylation is 1. The van der Waals surface area contributed by atoms with Crippen molar-refractivity contribution in [3.05, 3.63) is 16.5 Å². The zero-order chi connectivity index (χ0) is 17.5. The summed E-state index contributed by atoms with van der Waals surface area (Å²) in [5.74, 6) is 0.943. The molecule has 1 saturated heterocycles. The second kappa shape index (κ2) is 6.39. The summed E-state index contributed by atoms with van der Waals surface area (Å²) in [4.78, 5) is 25.2. The molecular weight excluding hydrogens is 328 g/mol. The maximum Gasteiger partial charge on any atom is 0.410 e. The van der Waals surface area contributed by atoms with Crippen LogP contribution in [0.3, 0.4) is 0 Å². The lowest BCUT2D eigenvalue weighted by Gasteiger charge is -2.41. The summed E-state index contributed by atoms with van der Waals surface area (Å²) in [7, 11) is 0. The number of aromatic nitrogens is 2. The van der Waals surface area contributed by atoms with E-state index in [-0.39, 0.29) is 12.1 Å². The van der Waals surface area contributed by atoms with Gasteiger partial charge in [-0.1, -0.05) is 0 Å². The second-order valence-electron chi connectivity index (χ2n) is 7.56. The molecule has 0 aromatic carbocycles. The molecule has 2 heterocycles. The van der Waals surface area contributed by atoms with Crippen molar-refractivity contribution in [3.8, 4) is 0 Å². The van der Waals surface area contributed by atoms with Gasteiger partial charge in [-0.15, -0.1) is 0 Å². The van der Waals surface area contributed by atoms with Crippen LogP contribution in [0.15, 0.2) is 0 Å². The van der Waals surface area contributed by atoms with E-state index in [1.165, 1.54) is 5.56 Å². The minimum absolute atomic E-state index is 0.155. The predicted molar refractivity (Wildman–Crippen MR) is 93.7 cm³/mol. The highest BCUT2D eigenvalue weighted by atomic mass is 35.5. The molecule has 1 unspecified atom stereocenters. The molecule has 1 fully saturated rings. The van der Waals surface area contributed by atoms with Gasteiger partial charge in [0.25, 0.3) is 0 Å². The van der Waals surface area contributed by atoms with E-state index < -0.39 is 5.60 Å². The molecule has 132 valence electrons. The lowest BCUT2D eigenvalue weighted by Crippen LogP contribution is -2.55. The molecule has 0 spiro atoms. The number of halogens is 1. The number of piperazine rings is 1. The quantitative estimate of drug-likeness (QED) is 0.727. The molecule has 1 aliphatic carbocycles. The van der Waals surface area contributed by atoms with Crippen LogP contribution in [0.5, 0.6) is 0 Å². The SMILES string of the molecule is CC1CN(C(=O)OC(C)(C)C)CCN1c1nc(Cl)nc2c1CCC2. The van der Waals surface area contributed by atoms with E-state index in [4.69, 9.17) is 16.3 Å². The lowest BCUT2D eigenvalue weighted by atomic mass is 10.1. The summed E-state index contributed by atoms with van der Waals surface area (Å²) in [5, 5.41) is 0.312. The molecule has 0 N–H and O–H groups in total. The van der Waals surface area contributed by atoms with Crippen molar-refractivity contribution in [2.45, 2.75) is 58.6 Å². The molecule has 7 heteroatoms. The van der Waals surface area contributed by atoms with Crippen molar-refractivity contribution in [1.82, 2.24) is 14.9 Å². The van der Waals surface area contributed by atoms with Crippen LogP contribution in [0.1, 0.15) is 45.4 Å². The molecular formula is C17H25ClN4O2. The Morgan fingerprint density at radius 2 is 2.00 bits per heavy atom. The van der Waals surface area contributed by atoms with Gasteiger partial charge in [0, 0.05) is 31.2 Å². The summed E-state index contributed by atoms with van der Waals surface area (Å²) in [6.45, 7) is 9.72. The van der Waals surface area contributed by atoms with Crippen molar-refractivity contribution in [3.63, 3.8) is 0 Å². The second-order valence-corrected chi connectivity index (χ2v) is 7.90. The Bertz CT molecular complexity index is 644. The maximum absolute atomic E-state index is 12.3. The minimum atomic E-state index is -0.474. The summed E-state index contributed by atoms with van der Waals surface area (Å²) < 4.78 is 5.48. The zero-order valence-electron chi connectivity index (χ0n) is 14.8. The number of fused-ring (bicyclic) bond motifs is 1. The van der Waals surface area contributed by atoms with E-state index in [1.807, 2.05) is 20.8 Å². The van der Waals surface area contributed by atoms with E-state index in [0.29, 0.717) is 18.4 Å². The van der Waals surface area contributed by atoms with Gasteiger partial charge in [-0.05, 0) is 58.6 Å². The predicted octanol–water partition coefficient (Wildman–Crippen LogP) is 3.06. The van der Waals surface area contributed by atoms with E-state index in [1.54, 1.807) is 4.90 Å². The minimum Gasteiger partial charge on any atom is -0.444 e. The molecule has 1 aliphatic heterocycles. The number of ether oxygens (including phenoxy) is 1. The van der Waals surface area contributed by atoms with Crippen LogP contribution in [-0.2, 0) is 17.6 Å². The Balaban J connectivity index is 1.74. The summed E-state index contributed by atoms with van der Waals surface area (Å²) in [6, 6.07) is 0.155. The van der Waals surface area contributed by atoms with E-state index in [9.17, 15) is 4.79 Å². The number of rotatable bonds is 1. The third-order valence-electron chi connectivity index (χ3n) is 4.44. The third-order valence-corrected chi connectivity index (χ3v) is 4.60. The molecule has 2 aliphatic rings. The molecule has 24 heavy (non-hydrogen) atoms. The topological polar surface area (TPSA) is 58.6 Å². The van der Waals surface area contributed by atoms with Crippen LogP contribution in [0.4, 0.5) is 10.6 Å². The molecule has 1 aromatic heterocycles. The molecule has 1 amide bonds. The average molecular weight is 353 g/mol. The lowest BCUT2D eigenvalue weighted by molar-refractivity contribution is 0.0218. The van der Waals surface area contributed by atoms with Crippen molar-refractivity contribution < 1.29 is 9.53 Å². The van der Waals surface area contributed by atoms with Gasteiger partial charge in [0.15, 0.2) is 0 Å². The van der Waals surface area contributed by atoms with Crippen molar-refractivity contribution in [2.75, 3.05) is 24.5 Å². The number of carbonyl (C=O) groups excluding carboxylic acids is 1. The fraction of sp³-hybridized carbons (Fsp3) is 0.706. The standard InChI is InChI=1S/C17H25ClN4O2/c1-11-10-21(16(23)24-17(2,3)4)8-9-22(11)14-12-6-5-7-13(12)19-15(18)20-14/h11H,5-10H2,1-4H3. The number of amides is 1. The Hall–Kier alpha value is -1.56. The van der Waals surface area contributed by atoms with Gasteiger partial charge in [0.05, 0.1) is 5.69 Å². The van der Waals surface area contributed by atoms with Crippen LogP contribution in [0.25, 0.3) is 0 Å². The van der Waals surface area contributed by atoms with Crippen LogP contribution in [0, 0.1) is 0 Å². The van der Waals surface area contributed by atoms with Crippen LogP contribution < -0.4 is 4.90 Å². The Labute approximate surface area is 148 Å². The number of nitrogens with zero attached hydrogens (tertiary/aromatic N) is 4. The van der Waals surface area contributed by atoms with Crippen molar-refractivity contribution in [2.24, 2.45) is 0 Å². The molecule has 3 rings (SSSR count). The van der Waals surface area contributed by atoms with E-state index in [0.717, 1.165) is 37.3 Å². The van der Waals surface area contributed by atoms with Crippen LogP contribution >= 0.6 is 11.6 Å². The van der Waals surface area contributed by atoms with Crippen molar-refractivity contribution in [1.29, 1.82) is 0 Å². The summed E-state index contributed by atoms with van der Waals surface area (Å²) in [5.41, 5.74) is 1.82. The smallest absolute Gasteiger partial charge is 0.410 e. The van der Waals surface area contributed by atoms with E-state index >= 15 is 0 Å². The average Bonchev–Trinajstić information content (AvgIpc) is 2.92. The monoisotopic (exact) mass is 352 g/mol. The third kappa shape index (κ3) is 3.58. The molecule has 0 bridgehead atoms. The number of hydrogen-bond acceptors (Lipinski definition) is 5. The summed E-state index contributed by atoms with van der Waals surface area (Å²) >= 11 is 6.11. The van der Waals surface area contributed by atoms with Crippen molar-refractivity contribution >= 4 is 23.5 Å². The van der Waals surface area contributed by atoms with Gasteiger partial charge in [-0.25, -0.2) is 14.8 Å². The first-order valence-corrected chi connectivity index (χ1v) is 8.92. The Morgan fingerprint density at radius 3 is 2.67 bits per heavy atom. The fourth-order valence-corrected chi connectivity index (χ4v) is 3.57. The maximum atomic E-state index is 12.3. The molecule has 0 saturated carbocycles. The number of hydrogen-bond donors (Lipinski definition) is 0. The highest BCUT2D eigenvalue weighted by Gasteiger charge is 2.32. The van der Waals surface area contributed by atoms with Gasteiger partial charge in [-0.2, -0.15) is 0 Å². The first-order chi connectivity index (χ1) is 11.2. The molecule has 0 radical (unpaired) electrons. The van der Waals surface area contributed by atoms with Gasteiger partial charge < -0.3 is 14.5 Å². The first kappa shape index (κ1) is 17.3. The number of anilines is 1. The molecule has 6 nitrogen and oxygen atoms in total. The largest absolute Gasteiger partial charge is 0.444 e. The van der Waals surface area contributed by atoms with Crippen LogP contribution in [-0.4, -0.2) is 52.2 Å². The van der Waals surface area contributed by atoms with Gasteiger partial charge in [0.2, 0.25) is 5.28 Å². The Kier molecular flexibility index (Phi) is 4.60. The molecule has 1 aromatic rings. The normalized spacial score (nSPS) is 21.0. The first-order valence-electron chi connectivity index (χ1n) is 8.54. The Morgan fingerprint density at radius 1 is 1.25 bits per heavy atom. The fourth-order valence-electron chi connectivity index (χ4n) is 3.39. The van der Waals surface area contributed by atoms with E-state index in [2.05, 4.69) is 21.8 Å². The van der Waals surface area contributed by atoms with Gasteiger partial charge in [-0.3, -0.25) is 0 Å². The van der Waals surface area contributed by atoms with Crippen LogP contribution in [0.2, 0.25) is 5.28 Å². The summed E-state index contributed by atoms with van der Waals surface area (Å²) in [6.07, 6.45) is 2.82. The highest BCUT2D eigenvalue weighted by Crippen LogP contribution is 2.32.